The van der Waals surface area contributed by atoms with Crippen LogP contribution in [0.25, 0.3) is 10.8 Å². The van der Waals surface area contributed by atoms with Crippen molar-refractivity contribution in [2.24, 2.45) is 5.10 Å². The van der Waals surface area contributed by atoms with E-state index in [1.807, 2.05) is 0 Å². The number of fused-ring (bicyclic) bond motifs is 1. The lowest BCUT2D eigenvalue weighted by atomic mass is 10.0. The van der Waals surface area contributed by atoms with Gasteiger partial charge in [-0.1, -0.05) is 54.0 Å². The summed E-state index contributed by atoms with van der Waals surface area (Å²) in [5, 5.41) is 16.0. The summed E-state index contributed by atoms with van der Waals surface area (Å²) in [5.41, 5.74) is 0.395. The van der Waals surface area contributed by atoms with Crippen LogP contribution >= 0.6 is 23.2 Å². The summed E-state index contributed by atoms with van der Waals surface area (Å²) >= 11 is 12.4. The Bertz CT molecular complexity index is 1310. The highest BCUT2D eigenvalue weighted by Gasteiger charge is 2.28. The Kier molecular flexibility index (Phi) is 7.40. The number of hydroxylamine groups is 1. The highest BCUT2D eigenvalue weighted by molar-refractivity contribution is 6.40. The Hall–Kier alpha value is -3.67. The van der Waals surface area contributed by atoms with Crippen molar-refractivity contribution in [3.8, 4) is 0 Å². The molecule has 0 spiro atoms. The van der Waals surface area contributed by atoms with Crippen molar-refractivity contribution in [1.82, 2.24) is 10.5 Å². The number of hydrogen-bond donors (Lipinski definition) is 3. The summed E-state index contributed by atoms with van der Waals surface area (Å²) in [4.78, 5) is 29.1. The highest BCUT2D eigenvalue weighted by Crippen LogP contribution is 2.35. The van der Waals surface area contributed by atoms with E-state index in [1.54, 1.807) is 24.3 Å². The van der Waals surface area contributed by atoms with Gasteiger partial charge in [0.1, 0.15) is 11.9 Å². The van der Waals surface area contributed by atoms with Crippen LogP contribution in [0.3, 0.4) is 0 Å². The lowest BCUT2D eigenvalue weighted by Crippen LogP contribution is -2.29. The van der Waals surface area contributed by atoms with Gasteiger partial charge < -0.3 is 5.32 Å². The topological polar surface area (TPSA) is 107 Å². The number of nitrogens with zero attached hydrogens (tertiary/aromatic N) is 3. The number of aromatic nitrogens is 1. The molecule has 1 aromatic heterocycles. The zero-order valence-electron chi connectivity index (χ0n) is 16.9. The molecule has 0 bridgehead atoms. The van der Waals surface area contributed by atoms with Gasteiger partial charge in [-0.05, 0) is 23.6 Å². The Morgan fingerprint density at radius 2 is 1.88 bits per heavy atom. The second kappa shape index (κ2) is 10.1. The standard InChI is InChI=1S/C21H14Cl2F3N5O3/c1-11(31(28-10-21(24,25)26)18-15(22)7-4-8-27-18)19(32)29-17-14(20(33)30-34)9-12-5-2-3-6-13(12)16(17)23/h2-10,34H,1H2,(H,29,32)(H,30,33)/b28-10+. The van der Waals surface area contributed by atoms with Crippen LogP contribution in [0.1, 0.15) is 10.4 Å². The maximum absolute atomic E-state index is 13.0. The first-order valence-electron chi connectivity index (χ1n) is 9.22. The molecule has 3 rings (SSSR count). The summed E-state index contributed by atoms with van der Waals surface area (Å²) in [6.45, 7) is 3.50. The highest BCUT2D eigenvalue weighted by atomic mass is 35.5. The van der Waals surface area contributed by atoms with E-state index >= 15 is 0 Å². The number of alkyl halides is 3. The molecule has 0 saturated heterocycles. The normalized spacial score (nSPS) is 11.5. The molecule has 0 radical (unpaired) electrons. The zero-order chi connectivity index (χ0) is 25.0. The van der Waals surface area contributed by atoms with Crippen LogP contribution < -0.4 is 15.8 Å². The van der Waals surface area contributed by atoms with E-state index in [0.717, 1.165) is 0 Å². The lowest BCUT2D eigenvalue weighted by Gasteiger charge is -2.22. The maximum atomic E-state index is 13.0. The average molecular weight is 512 g/mol. The number of rotatable bonds is 6. The summed E-state index contributed by atoms with van der Waals surface area (Å²) < 4.78 is 38.3. The molecular weight excluding hydrogens is 498 g/mol. The minimum absolute atomic E-state index is 0.0564. The van der Waals surface area contributed by atoms with Crippen LogP contribution in [0.2, 0.25) is 10.0 Å². The molecule has 0 fully saturated rings. The molecule has 34 heavy (non-hydrogen) atoms. The van der Waals surface area contributed by atoms with E-state index in [2.05, 4.69) is 22.0 Å². The molecule has 2 amide bonds. The van der Waals surface area contributed by atoms with Gasteiger partial charge in [0.25, 0.3) is 11.8 Å². The lowest BCUT2D eigenvalue weighted by molar-refractivity contribution is -0.113. The molecule has 176 valence electrons. The number of nitrogens with one attached hydrogen (secondary N) is 2. The third kappa shape index (κ3) is 5.45. The quantitative estimate of drug-likeness (QED) is 0.183. The molecule has 8 nitrogen and oxygen atoms in total. The van der Waals surface area contributed by atoms with E-state index in [0.29, 0.717) is 15.8 Å². The van der Waals surface area contributed by atoms with E-state index < -0.39 is 23.7 Å². The van der Waals surface area contributed by atoms with E-state index in [4.69, 9.17) is 28.4 Å². The minimum Gasteiger partial charge on any atom is -0.319 e. The van der Waals surface area contributed by atoms with Crippen molar-refractivity contribution < 1.29 is 28.0 Å². The number of anilines is 2. The van der Waals surface area contributed by atoms with Crippen molar-refractivity contribution >= 4 is 63.5 Å². The third-order valence-electron chi connectivity index (χ3n) is 4.35. The van der Waals surface area contributed by atoms with Gasteiger partial charge in [0.05, 0.1) is 21.3 Å². The number of benzene rings is 2. The van der Waals surface area contributed by atoms with Gasteiger partial charge in [-0.15, -0.1) is 0 Å². The van der Waals surface area contributed by atoms with E-state index in [-0.39, 0.29) is 33.3 Å². The Balaban J connectivity index is 2.05. The molecule has 0 aliphatic heterocycles. The van der Waals surface area contributed by atoms with Gasteiger partial charge in [-0.3, -0.25) is 14.8 Å². The second-order valence-electron chi connectivity index (χ2n) is 6.58. The fourth-order valence-electron chi connectivity index (χ4n) is 2.86. The molecule has 1 heterocycles. The number of halogens is 5. The fourth-order valence-corrected chi connectivity index (χ4v) is 3.38. The van der Waals surface area contributed by atoms with Crippen LogP contribution in [-0.2, 0) is 4.79 Å². The molecule has 13 heteroatoms. The largest absolute Gasteiger partial charge is 0.428 e. The van der Waals surface area contributed by atoms with Crippen molar-refractivity contribution in [2.75, 3.05) is 10.3 Å². The predicted molar refractivity (Wildman–Crippen MR) is 122 cm³/mol. The van der Waals surface area contributed by atoms with Crippen molar-refractivity contribution in [3.63, 3.8) is 0 Å². The molecule has 0 aliphatic rings. The Labute approximate surface area is 200 Å². The van der Waals surface area contributed by atoms with Gasteiger partial charge in [0.2, 0.25) is 0 Å². The number of carbonyl (C=O) groups excluding carboxylic acids is 2. The number of hydrazone groups is 1. The minimum atomic E-state index is -4.82. The fraction of sp³-hybridized carbons (Fsp3) is 0.0476. The summed E-state index contributed by atoms with van der Waals surface area (Å²) in [6, 6.07) is 10.7. The first-order valence-corrected chi connectivity index (χ1v) is 9.97. The Morgan fingerprint density at radius 3 is 2.53 bits per heavy atom. The molecule has 3 aromatic rings. The number of amides is 2. The van der Waals surface area contributed by atoms with Gasteiger partial charge in [0.15, 0.2) is 5.82 Å². The van der Waals surface area contributed by atoms with Gasteiger partial charge >= 0.3 is 6.18 Å². The molecule has 3 N–H and O–H groups in total. The molecular formula is C21H14Cl2F3N5O3. The average Bonchev–Trinajstić information content (AvgIpc) is 2.80. The molecule has 0 unspecified atom stereocenters. The molecule has 0 aliphatic carbocycles. The summed E-state index contributed by atoms with van der Waals surface area (Å²) in [5.74, 6) is -2.37. The third-order valence-corrected chi connectivity index (χ3v) is 5.04. The van der Waals surface area contributed by atoms with Gasteiger partial charge in [0, 0.05) is 11.6 Å². The van der Waals surface area contributed by atoms with E-state index in [1.165, 1.54) is 29.9 Å². The van der Waals surface area contributed by atoms with Crippen LogP contribution in [0.15, 0.2) is 66.0 Å². The van der Waals surface area contributed by atoms with Crippen molar-refractivity contribution in [1.29, 1.82) is 0 Å². The van der Waals surface area contributed by atoms with Crippen LogP contribution in [0, 0.1) is 0 Å². The first kappa shape index (κ1) is 25.0. The number of hydrogen-bond acceptors (Lipinski definition) is 6. The first-order chi connectivity index (χ1) is 16.0. The summed E-state index contributed by atoms with van der Waals surface area (Å²) in [6.07, 6.45) is -3.96. The number of pyridine rings is 1. The smallest absolute Gasteiger partial charge is 0.319 e. The Morgan fingerprint density at radius 1 is 1.18 bits per heavy atom. The molecule has 0 atom stereocenters. The van der Waals surface area contributed by atoms with E-state index in [9.17, 15) is 22.8 Å². The maximum Gasteiger partial charge on any atom is 0.428 e. The van der Waals surface area contributed by atoms with Gasteiger partial charge in [-0.2, -0.15) is 18.3 Å². The van der Waals surface area contributed by atoms with Crippen molar-refractivity contribution in [2.45, 2.75) is 6.18 Å². The molecule has 2 aromatic carbocycles. The number of carbonyl (C=O) groups is 2. The SMILES string of the molecule is C=C(C(=O)Nc1c(C(=O)NO)cc2ccccc2c1Cl)N(/N=C/C(F)(F)F)c1ncccc1Cl. The van der Waals surface area contributed by atoms with Gasteiger partial charge in [-0.25, -0.2) is 15.5 Å². The van der Waals surface area contributed by atoms with Crippen LogP contribution in [-0.4, -0.2) is 34.4 Å². The van der Waals surface area contributed by atoms with Crippen LogP contribution in [0.5, 0.6) is 0 Å². The van der Waals surface area contributed by atoms with Crippen LogP contribution in [0.4, 0.5) is 24.7 Å². The van der Waals surface area contributed by atoms with Crippen molar-refractivity contribution in [3.05, 3.63) is 76.5 Å². The second-order valence-corrected chi connectivity index (χ2v) is 7.37. The zero-order valence-corrected chi connectivity index (χ0v) is 18.4. The molecule has 0 saturated carbocycles. The summed E-state index contributed by atoms with van der Waals surface area (Å²) in [7, 11) is 0. The predicted octanol–water partition coefficient (Wildman–Crippen LogP) is 5.17. The monoisotopic (exact) mass is 511 g/mol.